The summed E-state index contributed by atoms with van der Waals surface area (Å²) in [7, 11) is -9.90. The van der Waals surface area contributed by atoms with Gasteiger partial charge in [0.25, 0.3) is 0 Å². The summed E-state index contributed by atoms with van der Waals surface area (Å²) in [6.07, 6.45) is 48.3. The normalized spacial score (nSPS) is 14.4. The van der Waals surface area contributed by atoms with E-state index in [9.17, 15) is 43.2 Å². The fraction of sp³-hybridized carbons (Fsp3) is 0.944. The Labute approximate surface area is 549 Å². The summed E-state index contributed by atoms with van der Waals surface area (Å²) in [5.41, 5.74) is 0. The first-order valence-corrected chi connectivity index (χ1v) is 40.0. The second-order valence-corrected chi connectivity index (χ2v) is 29.3. The molecule has 0 saturated heterocycles. The van der Waals surface area contributed by atoms with E-state index in [1.165, 1.54) is 180 Å². The third-order valence-corrected chi connectivity index (χ3v) is 18.7. The number of aliphatic hydroxyl groups excluding tert-OH is 1. The maximum Gasteiger partial charge on any atom is 0.472 e. The van der Waals surface area contributed by atoms with Crippen LogP contribution in [0.4, 0.5) is 0 Å². The zero-order chi connectivity index (χ0) is 66.5. The highest BCUT2D eigenvalue weighted by molar-refractivity contribution is 7.47. The van der Waals surface area contributed by atoms with Crippen molar-refractivity contribution >= 4 is 39.5 Å². The molecule has 0 aliphatic carbocycles. The molecule has 0 aromatic heterocycles. The van der Waals surface area contributed by atoms with Gasteiger partial charge >= 0.3 is 39.5 Å². The molecule has 0 aromatic rings. The number of unbranched alkanes of at least 4 members (excludes halogenated alkanes) is 39. The molecule has 19 heteroatoms. The molecule has 0 heterocycles. The topological polar surface area (TPSA) is 237 Å². The van der Waals surface area contributed by atoms with Gasteiger partial charge in [-0.25, -0.2) is 9.13 Å². The highest BCUT2D eigenvalue weighted by Crippen LogP contribution is 2.45. The molecule has 0 bridgehead atoms. The van der Waals surface area contributed by atoms with Gasteiger partial charge in [-0.2, -0.15) is 0 Å². The van der Waals surface area contributed by atoms with Crippen LogP contribution in [0.25, 0.3) is 0 Å². The molecule has 6 atom stereocenters. The van der Waals surface area contributed by atoms with E-state index in [0.717, 1.165) is 102 Å². The molecule has 0 saturated carbocycles. The van der Waals surface area contributed by atoms with Crippen LogP contribution in [0.5, 0.6) is 0 Å². The molecule has 534 valence electrons. The average Bonchev–Trinajstić information content (AvgIpc) is 2.97. The van der Waals surface area contributed by atoms with E-state index in [0.29, 0.717) is 25.7 Å². The summed E-state index contributed by atoms with van der Waals surface area (Å²) in [6.45, 7) is 9.56. The number of ether oxygens (including phenoxy) is 4. The van der Waals surface area contributed by atoms with Gasteiger partial charge in [0.2, 0.25) is 0 Å². The number of rotatable bonds is 70. The molecule has 0 aliphatic heterocycles. The molecule has 90 heavy (non-hydrogen) atoms. The zero-order valence-electron chi connectivity index (χ0n) is 58.4. The summed E-state index contributed by atoms with van der Waals surface area (Å²) in [4.78, 5) is 72.6. The minimum atomic E-state index is -4.95. The quantitative estimate of drug-likeness (QED) is 0.0222. The highest BCUT2D eigenvalue weighted by Gasteiger charge is 2.30. The maximum atomic E-state index is 13.0. The second-order valence-electron chi connectivity index (χ2n) is 26.3. The second kappa shape index (κ2) is 63.1. The Morgan fingerprint density at radius 2 is 0.567 bits per heavy atom. The van der Waals surface area contributed by atoms with E-state index in [2.05, 4.69) is 41.5 Å². The van der Waals surface area contributed by atoms with E-state index < -0.39 is 97.5 Å². The van der Waals surface area contributed by atoms with Gasteiger partial charge in [-0.15, -0.1) is 0 Å². The van der Waals surface area contributed by atoms with Crippen molar-refractivity contribution in [2.45, 2.75) is 381 Å². The molecule has 0 rings (SSSR count). The highest BCUT2D eigenvalue weighted by atomic mass is 31.2. The molecule has 0 amide bonds. The van der Waals surface area contributed by atoms with Gasteiger partial charge in [-0.1, -0.05) is 311 Å². The summed E-state index contributed by atoms with van der Waals surface area (Å²) in [6, 6.07) is 0. The van der Waals surface area contributed by atoms with Crippen molar-refractivity contribution in [2.75, 3.05) is 39.6 Å². The Hall–Kier alpha value is -1.94. The Morgan fingerprint density at radius 1 is 0.322 bits per heavy atom. The molecular weight excluding hydrogens is 1190 g/mol. The monoisotopic (exact) mass is 1320 g/mol. The first-order valence-electron chi connectivity index (χ1n) is 37.0. The van der Waals surface area contributed by atoms with Gasteiger partial charge in [0.05, 0.1) is 26.4 Å². The lowest BCUT2D eigenvalue weighted by molar-refractivity contribution is -0.161. The molecule has 17 nitrogen and oxygen atoms in total. The third-order valence-electron chi connectivity index (χ3n) is 16.8. The lowest BCUT2D eigenvalue weighted by Crippen LogP contribution is -2.30. The number of carbonyl (C=O) groups is 4. The van der Waals surface area contributed by atoms with E-state index in [1.807, 2.05) is 0 Å². The average molecular weight is 1330 g/mol. The van der Waals surface area contributed by atoms with Crippen LogP contribution < -0.4 is 0 Å². The Balaban J connectivity index is 5.26. The molecule has 3 N–H and O–H groups in total. The summed E-state index contributed by atoms with van der Waals surface area (Å²) in [5.74, 6) is -0.587. The van der Waals surface area contributed by atoms with Gasteiger partial charge in [-0.05, 0) is 37.5 Å². The lowest BCUT2D eigenvalue weighted by atomic mass is 9.99. The van der Waals surface area contributed by atoms with Crippen molar-refractivity contribution in [3.63, 3.8) is 0 Å². The summed E-state index contributed by atoms with van der Waals surface area (Å²) in [5, 5.41) is 10.6. The first-order chi connectivity index (χ1) is 43.4. The summed E-state index contributed by atoms with van der Waals surface area (Å²) >= 11 is 0. The molecule has 3 unspecified atom stereocenters. The molecule has 0 radical (unpaired) electrons. The van der Waals surface area contributed by atoms with Gasteiger partial charge in [-0.3, -0.25) is 37.3 Å². The molecule has 0 aliphatic rings. The van der Waals surface area contributed by atoms with Crippen molar-refractivity contribution in [2.24, 2.45) is 11.8 Å². The fourth-order valence-electron chi connectivity index (χ4n) is 10.7. The van der Waals surface area contributed by atoms with Gasteiger partial charge in [0.15, 0.2) is 12.2 Å². The van der Waals surface area contributed by atoms with E-state index in [1.54, 1.807) is 0 Å². The van der Waals surface area contributed by atoms with Crippen LogP contribution in [-0.4, -0.2) is 96.7 Å². The Morgan fingerprint density at radius 3 is 0.844 bits per heavy atom. The number of phosphoric ester groups is 2. The van der Waals surface area contributed by atoms with Crippen LogP contribution in [-0.2, 0) is 65.4 Å². The van der Waals surface area contributed by atoms with E-state index in [4.69, 9.17) is 37.0 Å². The van der Waals surface area contributed by atoms with E-state index >= 15 is 0 Å². The number of carbonyl (C=O) groups excluding carboxylic acids is 4. The van der Waals surface area contributed by atoms with Crippen LogP contribution in [0.3, 0.4) is 0 Å². The molecule has 0 spiro atoms. The Kier molecular flexibility index (Phi) is 61.8. The summed E-state index contributed by atoms with van der Waals surface area (Å²) < 4.78 is 68.3. The number of phosphoric acid groups is 2. The zero-order valence-corrected chi connectivity index (χ0v) is 60.2. The SMILES string of the molecule is CCCCCCCCCCCCCCCC(=O)OC[C@H](COP(=O)(O)OC[C@@H](O)COP(=O)(O)OC[C@@H](COC(=O)CCCCCCCCCCCCC)OC(=O)CCCCCCCCCCC(C)CC)OC(=O)CCCCCCCCCCCCCC(C)C. The third kappa shape index (κ3) is 63.5. The molecule has 0 fully saturated rings. The number of esters is 4. The van der Waals surface area contributed by atoms with Crippen LogP contribution >= 0.6 is 15.6 Å². The fourth-order valence-corrected chi connectivity index (χ4v) is 12.3. The van der Waals surface area contributed by atoms with Crippen molar-refractivity contribution in [3.05, 3.63) is 0 Å². The van der Waals surface area contributed by atoms with Crippen LogP contribution in [0, 0.1) is 11.8 Å². The van der Waals surface area contributed by atoms with Gasteiger partial charge < -0.3 is 33.8 Å². The minimum Gasteiger partial charge on any atom is -0.462 e. The van der Waals surface area contributed by atoms with Crippen molar-refractivity contribution in [1.82, 2.24) is 0 Å². The largest absolute Gasteiger partial charge is 0.472 e. The number of hydrogen-bond acceptors (Lipinski definition) is 15. The molecule has 0 aromatic carbocycles. The van der Waals surface area contributed by atoms with Crippen molar-refractivity contribution in [3.8, 4) is 0 Å². The predicted octanol–water partition coefficient (Wildman–Crippen LogP) is 20.4. The number of hydrogen-bond donors (Lipinski definition) is 3. The molecular formula is C71H138O17P2. The van der Waals surface area contributed by atoms with Crippen molar-refractivity contribution < 1.29 is 80.2 Å². The smallest absolute Gasteiger partial charge is 0.462 e. The Bertz CT molecular complexity index is 1750. The maximum absolute atomic E-state index is 13.0. The van der Waals surface area contributed by atoms with Gasteiger partial charge in [0, 0.05) is 25.7 Å². The first kappa shape index (κ1) is 88.1. The van der Waals surface area contributed by atoms with Crippen LogP contribution in [0.1, 0.15) is 363 Å². The minimum absolute atomic E-state index is 0.105. The van der Waals surface area contributed by atoms with Gasteiger partial charge in [0.1, 0.15) is 19.3 Å². The van der Waals surface area contributed by atoms with Crippen LogP contribution in [0.2, 0.25) is 0 Å². The van der Waals surface area contributed by atoms with E-state index in [-0.39, 0.29) is 25.7 Å². The predicted molar refractivity (Wildman–Crippen MR) is 363 cm³/mol. The standard InChI is InChI=1S/C71H138O17P2/c1-7-10-12-14-16-18-20-21-25-29-36-42-48-54-69(74)82-59-66(87-70(75)55-49-43-37-30-26-22-24-27-33-39-45-51-63(4)5)61-85-89(77,78)83-57-65(72)58-84-90(79,80)86-62-67(60-81-68(73)53-47-41-35-28-23-19-17-15-13-11-8-2)88-71(76)56-50-44-38-32-31-34-40-46-52-64(6)9-3/h63-67,72H,7-62H2,1-6H3,(H,77,78)(H,79,80)/t64?,65-,66-,67-/m1/s1. The number of aliphatic hydroxyl groups is 1. The van der Waals surface area contributed by atoms with Crippen LogP contribution in [0.15, 0.2) is 0 Å². The lowest BCUT2D eigenvalue weighted by Gasteiger charge is -2.21. The van der Waals surface area contributed by atoms with Crippen molar-refractivity contribution in [1.29, 1.82) is 0 Å².